The van der Waals surface area contributed by atoms with Crippen LogP contribution in [0.4, 0.5) is 5.82 Å². The van der Waals surface area contributed by atoms with E-state index >= 15 is 0 Å². The number of benzene rings is 1. The molecule has 1 aromatic heterocycles. The highest BCUT2D eigenvalue weighted by Gasteiger charge is 2.35. The van der Waals surface area contributed by atoms with E-state index in [0.29, 0.717) is 11.1 Å². The van der Waals surface area contributed by atoms with Gasteiger partial charge in [-0.25, -0.2) is 8.42 Å². The Kier molecular flexibility index (Phi) is 3.58. The summed E-state index contributed by atoms with van der Waals surface area (Å²) in [6.45, 7) is 5.22. The molecule has 0 aliphatic heterocycles. The van der Waals surface area contributed by atoms with Gasteiger partial charge in [0.05, 0.1) is 4.90 Å². The number of aryl methyl sites for hydroxylation is 4. The average molecular weight is 309 g/mol. The topological polar surface area (TPSA) is 95.1 Å². The van der Waals surface area contributed by atoms with E-state index in [1.807, 2.05) is 6.92 Å². The average Bonchev–Trinajstić information content (AvgIpc) is 2.69. The van der Waals surface area contributed by atoms with Crippen molar-refractivity contribution in [1.29, 1.82) is 0 Å². The largest absolute Gasteiger partial charge is 0.401 e. The highest BCUT2D eigenvalue weighted by atomic mass is 32.2. The second kappa shape index (κ2) is 4.96. The molecule has 2 aromatic rings. The number of sulfone groups is 1. The number of nitro groups is 1. The Morgan fingerprint density at radius 1 is 1.19 bits per heavy atom. The van der Waals surface area contributed by atoms with Crippen molar-refractivity contribution in [2.24, 2.45) is 7.05 Å². The number of hydrogen-bond donors (Lipinski definition) is 0. The van der Waals surface area contributed by atoms with Crippen LogP contribution in [0.1, 0.15) is 16.7 Å². The molecule has 0 spiro atoms. The van der Waals surface area contributed by atoms with Crippen LogP contribution in [0.3, 0.4) is 0 Å². The van der Waals surface area contributed by atoms with Crippen molar-refractivity contribution in [2.75, 3.05) is 0 Å². The molecule has 7 nitrogen and oxygen atoms in total. The zero-order chi connectivity index (χ0) is 15.9. The summed E-state index contributed by atoms with van der Waals surface area (Å²) in [5, 5.41) is 10.6. The van der Waals surface area contributed by atoms with Crippen LogP contribution >= 0.6 is 0 Å². The molecule has 0 fully saturated rings. The van der Waals surface area contributed by atoms with Crippen molar-refractivity contribution in [3.63, 3.8) is 0 Å². The van der Waals surface area contributed by atoms with Gasteiger partial charge in [0, 0.05) is 7.05 Å². The summed E-state index contributed by atoms with van der Waals surface area (Å²) in [7, 11) is -2.60. The maximum Gasteiger partial charge on any atom is 0.401 e. The smallest absolute Gasteiger partial charge is 0.358 e. The molecule has 1 aromatic carbocycles. The summed E-state index contributed by atoms with van der Waals surface area (Å²) in [5.41, 5.74) is 2.05. The van der Waals surface area contributed by atoms with Crippen molar-refractivity contribution in [2.45, 2.75) is 30.7 Å². The molecule has 1 heterocycles. The summed E-state index contributed by atoms with van der Waals surface area (Å²) in [6.07, 6.45) is 1.13. The van der Waals surface area contributed by atoms with E-state index in [1.54, 1.807) is 26.0 Å². The summed E-state index contributed by atoms with van der Waals surface area (Å²) < 4.78 is 26.8. The molecule has 8 heteroatoms. The van der Waals surface area contributed by atoms with Crippen LogP contribution in [0.15, 0.2) is 28.4 Å². The van der Waals surface area contributed by atoms with E-state index in [2.05, 4.69) is 4.98 Å². The Hall–Kier alpha value is -2.22. The Morgan fingerprint density at radius 2 is 1.71 bits per heavy atom. The van der Waals surface area contributed by atoms with Crippen LogP contribution in [0, 0.1) is 30.9 Å². The van der Waals surface area contributed by atoms with E-state index in [-0.39, 0.29) is 4.90 Å². The lowest BCUT2D eigenvalue weighted by atomic mass is 10.1. The van der Waals surface area contributed by atoms with E-state index in [0.717, 1.165) is 16.5 Å². The maximum atomic E-state index is 12.8. The molecule has 0 N–H and O–H groups in total. The van der Waals surface area contributed by atoms with Crippen LogP contribution in [0.2, 0.25) is 0 Å². The quantitative estimate of drug-likeness (QED) is 0.639. The lowest BCUT2D eigenvalue weighted by Gasteiger charge is -2.12. The lowest BCUT2D eigenvalue weighted by molar-refractivity contribution is -0.392. The Labute approximate surface area is 122 Å². The Balaban J connectivity index is 2.81. The molecule has 0 unspecified atom stereocenters. The van der Waals surface area contributed by atoms with Crippen LogP contribution in [0.25, 0.3) is 0 Å². The SMILES string of the molecule is Cc1cc(C)c(S(=O)(=O)c2c([N+](=O)[O-])ncn2C)c(C)c1. The first-order chi connectivity index (χ1) is 9.66. The fourth-order valence-corrected chi connectivity index (χ4v) is 4.48. The Morgan fingerprint density at radius 3 is 2.19 bits per heavy atom. The molecular weight excluding hydrogens is 294 g/mol. The fraction of sp³-hybridized carbons (Fsp3) is 0.308. The predicted molar refractivity (Wildman–Crippen MR) is 76.0 cm³/mol. The molecule has 21 heavy (non-hydrogen) atoms. The van der Waals surface area contributed by atoms with E-state index < -0.39 is 25.6 Å². The van der Waals surface area contributed by atoms with Gasteiger partial charge in [0.25, 0.3) is 0 Å². The van der Waals surface area contributed by atoms with Gasteiger partial charge in [-0.3, -0.25) is 4.57 Å². The number of aromatic nitrogens is 2. The summed E-state index contributed by atoms with van der Waals surface area (Å²) in [4.78, 5) is 13.9. The van der Waals surface area contributed by atoms with E-state index in [9.17, 15) is 18.5 Å². The number of nitrogens with zero attached hydrogens (tertiary/aromatic N) is 3. The molecule has 0 radical (unpaired) electrons. The summed E-state index contributed by atoms with van der Waals surface area (Å²) >= 11 is 0. The third kappa shape index (κ3) is 2.42. The van der Waals surface area contributed by atoms with Crippen LogP contribution in [-0.2, 0) is 16.9 Å². The number of rotatable bonds is 3. The van der Waals surface area contributed by atoms with Crippen LogP contribution < -0.4 is 0 Å². The zero-order valence-corrected chi connectivity index (χ0v) is 12.9. The molecule has 0 saturated carbocycles. The molecule has 2 rings (SSSR count). The second-order valence-electron chi connectivity index (χ2n) is 4.97. The molecule has 0 amide bonds. The van der Waals surface area contributed by atoms with Crippen LogP contribution in [-0.4, -0.2) is 22.9 Å². The van der Waals surface area contributed by atoms with Gasteiger partial charge >= 0.3 is 5.82 Å². The van der Waals surface area contributed by atoms with Crippen molar-refractivity contribution >= 4 is 15.7 Å². The highest BCUT2D eigenvalue weighted by molar-refractivity contribution is 7.91. The first-order valence-corrected chi connectivity index (χ1v) is 7.63. The minimum absolute atomic E-state index is 0.0970. The van der Waals surface area contributed by atoms with Gasteiger partial charge < -0.3 is 10.1 Å². The van der Waals surface area contributed by atoms with Gasteiger partial charge in [-0.2, -0.15) is 0 Å². The summed E-state index contributed by atoms with van der Waals surface area (Å²) in [5.74, 6) is -0.656. The van der Waals surface area contributed by atoms with Gasteiger partial charge in [0.1, 0.15) is 0 Å². The van der Waals surface area contributed by atoms with Crippen molar-refractivity contribution in [1.82, 2.24) is 9.55 Å². The Bertz CT molecular complexity index is 814. The predicted octanol–water partition coefficient (Wildman–Crippen LogP) is 2.09. The minimum atomic E-state index is -4.02. The monoisotopic (exact) mass is 309 g/mol. The van der Waals surface area contributed by atoms with Gasteiger partial charge in [0.15, 0.2) is 0 Å². The summed E-state index contributed by atoms with van der Waals surface area (Å²) in [6, 6.07) is 3.48. The van der Waals surface area contributed by atoms with Gasteiger partial charge in [-0.15, -0.1) is 0 Å². The van der Waals surface area contributed by atoms with Gasteiger partial charge in [-0.1, -0.05) is 17.7 Å². The maximum absolute atomic E-state index is 12.8. The standard InChI is InChI=1S/C13H15N3O4S/c1-8-5-9(2)11(10(3)6-8)21(19,20)13-12(16(17)18)14-7-15(13)4/h5-7H,1-4H3. The second-order valence-corrected chi connectivity index (χ2v) is 6.77. The van der Waals surface area contributed by atoms with Crippen molar-refractivity contribution < 1.29 is 13.3 Å². The molecule has 112 valence electrons. The lowest BCUT2D eigenvalue weighted by Crippen LogP contribution is -2.12. The van der Waals surface area contributed by atoms with E-state index in [4.69, 9.17) is 0 Å². The third-order valence-corrected chi connectivity index (χ3v) is 5.33. The minimum Gasteiger partial charge on any atom is -0.358 e. The first-order valence-electron chi connectivity index (χ1n) is 6.15. The number of imidazole rings is 1. The van der Waals surface area contributed by atoms with Gasteiger partial charge in [0.2, 0.25) is 21.2 Å². The molecule has 0 bridgehead atoms. The zero-order valence-electron chi connectivity index (χ0n) is 12.1. The molecule has 0 aliphatic rings. The van der Waals surface area contributed by atoms with Crippen molar-refractivity contribution in [3.8, 4) is 0 Å². The fourth-order valence-electron chi connectivity index (χ4n) is 2.53. The van der Waals surface area contributed by atoms with Gasteiger partial charge in [-0.05, 0) is 41.8 Å². The molecule has 0 aliphatic carbocycles. The molecule has 0 saturated heterocycles. The van der Waals surface area contributed by atoms with Crippen LogP contribution in [0.5, 0.6) is 0 Å². The van der Waals surface area contributed by atoms with Crippen molar-refractivity contribution in [3.05, 3.63) is 45.3 Å². The molecule has 0 atom stereocenters. The molecular formula is C13H15N3O4S. The van der Waals surface area contributed by atoms with E-state index in [1.165, 1.54) is 7.05 Å². The normalized spacial score (nSPS) is 11.6. The first kappa shape index (κ1) is 15.2. The third-order valence-electron chi connectivity index (χ3n) is 3.17. The highest BCUT2D eigenvalue weighted by Crippen LogP contribution is 2.32. The number of hydrogen-bond acceptors (Lipinski definition) is 5.